The summed E-state index contributed by atoms with van der Waals surface area (Å²) in [5.74, 6) is 1.67. The quantitative estimate of drug-likeness (QED) is 0.391. The zero-order valence-electron chi connectivity index (χ0n) is 16.6. The average Bonchev–Trinajstić information content (AvgIpc) is 2.70. The SMILES string of the molecule is CCCc1c(OCc2cccc(Oc3ccccc3N)c2)ccc(C(C)=O)c1O. The zero-order valence-corrected chi connectivity index (χ0v) is 16.6. The van der Waals surface area contributed by atoms with Crippen LogP contribution in [0.15, 0.2) is 60.7 Å². The smallest absolute Gasteiger partial charge is 0.163 e. The van der Waals surface area contributed by atoms with Crippen LogP contribution in [0.1, 0.15) is 41.8 Å². The third-order valence-electron chi connectivity index (χ3n) is 4.56. The first-order chi connectivity index (χ1) is 14.0. The third-order valence-corrected chi connectivity index (χ3v) is 4.56. The van der Waals surface area contributed by atoms with Crippen molar-refractivity contribution >= 4 is 11.5 Å². The molecule has 0 bridgehead atoms. The number of aromatic hydroxyl groups is 1. The number of anilines is 1. The average molecular weight is 391 g/mol. The summed E-state index contributed by atoms with van der Waals surface area (Å²) in [5.41, 5.74) is 8.39. The number of para-hydroxylation sites is 2. The van der Waals surface area contributed by atoms with E-state index in [1.165, 1.54) is 6.92 Å². The Labute approximate surface area is 170 Å². The van der Waals surface area contributed by atoms with Crippen LogP contribution in [0.4, 0.5) is 5.69 Å². The van der Waals surface area contributed by atoms with Gasteiger partial charge < -0.3 is 20.3 Å². The van der Waals surface area contributed by atoms with Gasteiger partial charge in [-0.25, -0.2) is 0 Å². The predicted molar refractivity (Wildman–Crippen MR) is 114 cm³/mol. The van der Waals surface area contributed by atoms with Crippen molar-refractivity contribution in [2.24, 2.45) is 0 Å². The lowest BCUT2D eigenvalue weighted by molar-refractivity contribution is 0.101. The fourth-order valence-electron chi connectivity index (χ4n) is 3.09. The fraction of sp³-hybridized carbons (Fsp3) is 0.208. The molecule has 0 aromatic heterocycles. The van der Waals surface area contributed by atoms with Gasteiger partial charge >= 0.3 is 0 Å². The lowest BCUT2D eigenvalue weighted by atomic mass is 10.0. The van der Waals surface area contributed by atoms with Crippen LogP contribution in [0.3, 0.4) is 0 Å². The van der Waals surface area contributed by atoms with Gasteiger partial charge in [0.05, 0.1) is 11.3 Å². The minimum Gasteiger partial charge on any atom is -0.507 e. The number of phenols is 1. The van der Waals surface area contributed by atoms with Crippen molar-refractivity contribution in [3.63, 3.8) is 0 Å². The first kappa shape index (κ1) is 20.3. The minimum absolute atomic E-state index is 0.00786. The Balaban J connectivity index is 1.77. The molecule has 5 nitrogen and oxygen atoms in total. The largest absolute Gasteiger partial charge is 0.507 e. The molecule has 0 fully saturated rings. The van der Waals surface area contributed by atoms with E-state index >= 15 is 0 Å². The van der Waals surface area contributed by atoms with Gasteiger partial charge in [-0.2, -0.15) is 0 Å². The number of rotatable bonds is 8. The second-order valence-corrected chi connectivity index (χ2v) is 6.82. The topological polar surface area (TPSA) is 81.8 Å². The van der Waals surface area contributed by atoms with E-state index in [4.69, 9.17) is 15.2 Å². The summed E-state index contributed by atoms with van der Waals surface area (Å²) in [7, 11) is 0. The molecule has 0 heterocycles. The maximum atomic E-state index is 11.7. The lowest BCUT2D eigenvalue weighted by Gasteiger charge is -2.15. The van der Waals surface area contributed by atoms with Gasteiger partial charge in [0.15, 0.2) is 5.78 Å². The summed E-state index contributed by atoms with van der Waals surface area (Å²) < 4.78 is 11.8. The number of benzene rings is 3. The molecule has 0 spiro atoms. The number of nitrogen functional groups attached to an aromatic ring is 1. The molecule has 0 amide bonds. The van der Waals surface area contributed by atoms with Crippen molar-refractivity contribution in [1.29, 1.82) is 0 Å². The monoisotopic (exact) mass is 391 g/mol. The molecule has 29 heavy (non-hydrogen) atoms. The summed E-state index contributed by atoms with van der Waals surface area (Å²) in [5, 5.41) is 10.5. The van der Waals surface area contributed by atoms with Crippen LogP contribution in [0, 0.1) is 0 Å². The second-order valence-electron chi connectivity index (χ2n) is 6.82. The van der Waals surface area contributed by atoms with Crippen molar-refractivity contribution < 1.29 is 19.4 Å². The maximum absolute atomic E-state index is 11.7. The Morgan fingerprint density at radius 1 is 1.03 bits per heavy atom. The van der Waals surface area contributed by atoms with E-state index in [9.17, 15) is 9.90 Å². The van der Waals surface area contributed by atoms with E-state index < -0.39 is 0 Å². The molecule has 3 aromatic rings. The van der Waals surface area contributed by atoms with E-state index in [0.717, 1.165) is 12.0 Å². The number of ketones is 1. The first-order valence-corrected chi connectivity index (χ1v) is 9.59. The Bertz CT molecular complexity index is 1010. The summed E-state index contributed by atoms with van der Waals surface area (Å²) in [6.45, 7) is 3.76. The van der Waals surface area contributed by atoms with Crippen molar-refractivity contribution in [3.05, 3.63) is 77.4 Å². The predicted octanol–water partition coefficient (Wildman–Crippen LogP) is 5.50. The summed E-state index contributed by atoms with van der Waals surface area (Å²) >= 11 is 0. The van der Waals surface area contributed by atoms with Crippen molar-refractivity contribution in [1.82, 2.24) is 0 Å². The number of phenolic OH excluding ortho intramolecular Hbond substituents is 1. The van der Waals surface area contributed by atoms with E-state index in [2.05, 4.69) is 0 Å². The molecule has 0 aliphatic carbocycles. The standard InChI is InChI=1S/C24H25NO4/c1-3-7-20-22(13-12-19(16(2)26)24(20)27)28-15-17-8-6-9-18(14-17)29-23-11-5-4-10-21(23)25/h4-6,8-14,27H,3,7,15,25H2,1-2H3. The first-order valence-electron chi connectivity index (χ1n) is 9.59. The highest BCUT2D eigenvalue weighted by atomic mass is 16.5. The number of carbonyl (C=O) groups excluding carboxylic acids is 1. The molecule has 3 N–H and O–H groups in total. The molecule has 0 unspecified atom stereocenters. The molecule has 150 valence electrons. The van der Waals surface area contributed by atoms with Gasteiger partial charge in [-0.15, -0.1) is 0 Å². The minimum atomic E-state index is -0.170. The van der Waals surface area contributed by atoms with Gasteiger partial charge in [0.25, 0.3) is 0 Å². The highest BCUT2D eigenvalue weighted by molar-refractivity contribution is 5.97. The van der Waals surface area contributed by atoms with Crippen LogP contribution in [-0.2, 0) is 13.0 Å². The van der Waals surface area contributed by atoms with Crippen LogP contribution in [0.2, 0.25) is 0 Å². The molecule has 5 heteroatoms. The third kappa shape index (κ3) is 4.88. The van der Waals surface area contributed by atoms with Gasteiger partial charge in [0.1, 0.15) is 29.6 Å². The van der Waals surface area contributed by atoms with Gasteiger partial charge in [0, 0.05) is 5.56 Å². The summed E-state index contributed by atoms with van der Waals surface area (Å²) in [4.78, 5) is 11.7. The molecule has 0 atom stereocenters. The van der Waals surface area contributed by atoms with Crippen LogP contribution < -0.4 is 15.2 Å². The molecular weight excluding hydrogens is 366 g/mol. The Hall–Kier alpha value is -3.47. The van der Waals surface area contributed by atoms with Gasteiger partial charge in [0.2, 0.25) is 0 Å². The summed E-state index contributed by atoms with van der Waals surface area (Å²) in [6, 6.07) is 18.2. The Morgan fingerprint density at radius 2 is 1.83 bits per heavy atom. The molecule has 3 rings (SSSR count). The van der Waals surface area contributed by atoms with E-state index in [0.29, 0.717) is 47.1 Å². The number of hydrogen-bond donors (Lipinski definition) is 2. The Morgan fingerprint density at radius 3 is 2.55 bits per heavy atom. The van der Waals surface area contributed by atoms with E-state index in [1.807, 2.05) is 49.4 Å². The molecule has 0 aliphatic rings. The van der Waals surface area contributed by atoms with Crippen molar-refractivity contribution in [2.45, 2.75) is 33.3 Å². The molecular formula is C24H25NO4. The van der Waals surface area contributed by atoms with Crippen LogP contribution in [0.5, 0.6) is 23.0 Å². The lowest BCUT2D eigenvalue weighted by Crippen LogP contribution is -2.02. The number of carbonyl (C=O) groups is 1. The van der Waals surface area contributed by atoms with Crippen molar-refractivity contribution in [2.75, 3.05) is 5.73 Å². The Kier molecular flexibility index (Phi) is 6.39. The molecule has 0 saturated heterocycles. The van der Waals surface area contributed by atoms with Gasteiger partial charge in [-0.1, -0.05) is 37.6 Å². The van der Waals surface area contributed by atoms with E-state index in [1.54, 1.807) is 18.2 Å². The normalized spacial score (nSPS) is 10.6. The fourth-order valence-corrected chi connectivity index (χ4v) is 3.09. The number of nitrogens with two attached hydrogens (primary N) is 1. The van der Waals surface area contributed by atoms with Crippen LogP contribution >= 0.6 is 0 Å². The van der Waals surface area contributed by atoms with Gasteiger partial charge in [-0.3, -0.25) is 4.79 Å². The maximum Gasteiger partial charge on any atom is 0.163 e. The molecule has 0 aliphatic heterocycles. The second kappa shape index (κ2) is 9.15. The molecule has 0 radical (unpaired) electrons. The van der Waals surface area contributed by atoms with Crippen molar-refractivity contribution in [3.8, 4) is 23.0 Å². The van der Waals surface area contributed by atoms with Gasteiger partial charge in [-0.05, 0) is 55.3 Å². The number of hydrogen-bond acceptors (Lipinski definition) is 5. The molecule has 0 saturated carbocycles. The highest BCUT2D eigenvalue weighted by Crippen LogP contribution is 2.34. The zero-order chi connectivity index (χ0) is 20.8. The van der Waals surface area contributed by atoms with E-state index in [-0.39, 0.29) is 11.5 Å². The highest BCUT2D eigenvalue weighted by Gasteiger charge is 2.16. The summed E-state index contributed by atoms with van der Waals surface area (Å²) in [6.07, 6.45) is 1.45. The number of ether oxygens (including phenoxy) is 2. The van der Waals surface area contributed by atoms with Crippen LogP contribution in [0.25, 0.3) is 0 Å². The molecule has 3 aromatic carbocycles. The number of Topliss-reactive ketones (excluding diaryl/α,β-unsaturated/α-hetero) is 1. The van der Waals surface area contributed by atoms with Crippen LogP contribution in [-0.4, -0.2) is 10.9 Å².